The minimum absolute atomic E-state index is 0.961. The van der Waals surface area contributed by atoms with E-state index in [0.29, 0.717) is 0 Å². The molecule has 0 radical (unpaired) electrons. The van der Waals surface area contributed by atoms with Crippen molar-refractivity contribution in [3.63, 3.8) is 0 Å². The molecule has 0 saturated heterocycles. The van der Waals surface area contributed by atoms with Gasteiger partial charge in [-0.05, 0) is 43.9 Å². The average molecular weight is 136 g/mol. The summed E-state index contributed by atoms with van der Waals surface area (Å²) in [4.78, 5) is 0. The van der Waals surface area contributed by atoms with Gasteiger partial charge < -0.3 is 0 Å². The molecule has 1 atom stereocenters. The van der Waals surface area contributed by atoms with E-state index in [1.54, 1.807) is 5.57 Å². The molecule has 1 fully saturated rings. The van der Waals surface area contributed by atoms with Crippen LogP contribution in [-0.2, 0) is 0 Å². The molecule has 0 aromatic rings. The van der Waals surface area contributed by atoms with Gasteiger partial charge in [-0.15, -0.1) is 0 Å². The molecule has 0 aliphatic heterocycles. The van der Waals surface area contributed by atoms with Crippen molar-refractivity contribution in [3.8, 4) is 0 Å². The predicted octanol–water partition coefficient (Wildman–Crippen LogP) is 3.14. The average Bonchev–Trinajstić information content (AvgIpc) is 2.71. The van der Waals surface area contributed by atoms with Gasteiger partial charge in [0, 0.05) is 0 Å². The highest BCUT2D eigenvalue weighted by Gasteiger charge is 2.26. The largest absolute Gasteiger partial charge is 0.0848 e. The van der Waals surface area contributed by atoms with Gasteiger partial charge >= 0.3 is 0 Å². The summed E-state index contributed by atoms with van der Waals surface area (Å²) in [7, 11) is 0. The molecule has 56 valence electrons. The third-order valence-corrected chi connectivity index (χ3v) is 2.81. The first-order valence-corrected chi connectivity index (χ1v) is 4.55. The zero-order valence-corrected chi connectivity index (χ0v) is 6.77. The second kappa shape index (κ2) is 2.41. The maximum atomic E-state index is 2.51. The highest BCUT2D eigenvalue weighted by atomic mass is 14.3. The highest BCUT2D eigenvalue weighted by molar-refractivity contribution is 5.14. The van der Waals surface area contributed by atoms with Crippen molar-refractivity contribution >= 4 is 0 Å². The summed E-state index contributed by atoms with van der Waals surface area (Å²) in [6, 6.07) is 0. The summed E-state index contributed by atoms with van der Waals surface area (Å²) >= 11 is 0. The molecule has 0 nitrogen and oxygen atoms in total. The van der Waals surface area contributed by atoms with Gasteiger partial charge in [-0.25, -0.2) is 0 Å². The molecule has 0 N–H and O–H groups in total. The predicted molar refractivity (Wildman–Crippen MR) is 43.8 cm³/mol. The Bertz CT molecular complexity index is 151. The lowest BCUT2D eigenvalue weighted by molar-refractivity contribution is 0.503. The molecule has 0 bridgehead atoms. The van der Waals surface area contributed by atoms with Crippen LogP contribution in [0, 0.1) is 11.8 Å². The van der Waals surface area contributed by atoms with Crippen LogP contribution in [0.3, 0.4) is 0 Å². The number of hydrogen-bond acceptors (Lipinski definition) is 0. The molecule has 1 unspecified atom stereocenters. The van der Waals surface area contributed by atoms with E-state index in [-0.39, 0.29) is 0 Å². The monoisotopic (exact) mass is 136 g/mol. The lowest BCUT2D eigenvalue weighted by atomic mass is 9.89. The number of rotatable bonds is 1. The maximum absolute atomic E-state index is 2.51. The van der Waals surface area contributed by atoms with E-state index in [0.717, 1.165) is 11.8 Å². The Balaban J connectivity index is 1.96. The Kier molecular flexibility index (Phi) is 1.55. The summed E-state index contributed by atoms with van der Waals surface area (Å²) in [6.45, 7) is 2.36. The van der Waals surface area contributed by atoms with Crippen LogP contribution in [0.4, 0.5) is 0 Å². The Morgan fingerprint density at radius 2 is 2.10 bits per heavy atom. The van der Waals surface area contributed by atoms with Gasteiger partial charge in [0.15, 0.2) is 0 Å². The van der Waals surface area contributed by atoms with E-state index in [1.165, 1.54) is 32.1 Å². The van der Waals surface area contributed by atoms with Crippen molar-refractivity contribution in [2.24, 2.45) is 11.8 Å². The molecular weight excluding hydrogens is 120 g/mol. The van der Waals surface area contributed by atoms with E-state index in [1.807, 2.05) is 0 Å². The van der Waals surface area contributed by atoms with E-state index in [2.05, 4.69) is 13.0 Å². The third kappa shape index (κ3) is 1.25. The molecule has 2 aliphatic carbocycles. The van der Waals surface area contributed by atoms with Gasteiger partial charge in [-0.2, -0.15) is 0 Å². The van der Waals surface area contributed by atoms with Crippen molar-refractivity contribution in [2.45, 2.75) is 39.0 Å². The lowest BCUT2D eigenvalue weighted by Gasteiger charge is -2.17. The van der Waals surface area contributed by atoms with E-state index < -0.39 is 0 Å². The molecule has 0 aromatic heterocycles. The molecule has 0 heterocycles. The van der Waals surface area contributed by atoms with E-state index in [4.69, 9.17) is 0 Å². The standard InChI is InChI=1S/C10H16/c1-8-2-4-9(5-3-8)10-6-7-10/h4,8,10H,2-3,5-7H2,1H3. The van der Waals surface area contributed by atoms with Crippen molar-refractivity contribution in [1.82, 2.24) is 0 Å². The topological polar surface area (TPSA) is 0 Å². The fourth-order valence-corrected chi connectivity index (χ4v) is 1.81. The molecule has 0 spiro atoms. The Morgan fingerprint density at radius 3 is 2.60 bits per heavy atom. The fourth-order valence-electron chi connectivity index (χ4n) is 1.81. The zero-order valence-electron chi connectivity index (χ0n) is 6.77. The van der Waals surface area contributed by atoms with Gasteiger partial charge in [0.05, 0.1) is 0 Å². The first-order valence-electron chi connectivity index (χ1n) is 4.55. The summed E-state index contributed by atoms with van der Waals surface area (Å²) in [5, 5.41) is 0. The molecule has 0 aromatic carbocycles. The van der Waals surface area contributed by atoms with Crippen LogP contribution >= 0.6 is 0 Å². The zero-order chi connectivity index (χ0) is 6.97. The molecule has 2 rings (SSSR count). The Hall–Kier alpha value is -0.260. The van der Waals surface area contributed by atoms with E-state index >= 15 is 0 Å². The normalized spacial score (nSPS) is 33.7. The Morgan fingerprint density at radius 1 is 1.30 bits per heavy atom. The van der Waals surface area contributed by atoms with Gasteiger partial charge in [0.2, 0.25) is 0 Å². The number of allylic oxidation sites excluding steroid dienone is 2. The van der Waals surface area contributed by atoms with Gasteiger partial charge in [0.25, 0.3) is 0 Å². The van der Waals surface area contributed by atoms with E-state index in [9.17, 15) is 0 Å². The van der Waals surface area contributed by atoms with Crippen LogP contribution < -0.4 is 0 Å². The van der Waals surface area contributed by atoms with Gasteiger partial charge in [-0.1, -0.05) is 18.6 Å². The summed E-state index contributed by atoms with van der Waals surface area (Å²) in [6.07, 6.45) is 9.69. The van der Waals surface area contributed by atoms with Crippen molar-refractivity contribution in [3.05, 3.63) is 11.6 Å². The van der Waals surface area contributed by atoms with Crippen LogP contribution in [0.15, 0.2) is 11.6 Å². The van der Waals surface area contributed by atoms with Crippen molar-refractivity contribution < 1.29 is 0 Å². The fraction of sp³-hybridized carbons (Fsp3) is 0.800. The van der Waals surface area contributed by atoms with Gasteiger partial charge in [-0.3, -0.25) is 0 Å². The van der Waals surface area contributed by atoms with Crippen molar-refractivity contribution in [1.29, 1.82) is 0 Å². The van der Waals surface area contributed by atoms with Crippen molar-refractivity contribution in [2.75, 3.05) is 0 Å². The SMILES string of the molecule is CC1CC=C(C2CC2)CC1. The summed E-state index contributed by atoms with van der Waals surface area (Å²) < 4.78 is 0. The van der Waals surface area contributed by atoms with Crippen LogP contribution in [0.25, 0.3) is 0 Å². The van der Waals surface area contributed by atoms with Gasteiger partial charge in [0.1, 0.15) is 0 Å². The van der Waals surface area contributed by atoms with Crippen LogP contribution in [-0.4, -0.2) is 0 Å². The van der Waals surface area contributed by atoms with Crippen LogP contribution in [0.2, 0.25) is 0 Å². The molecule has 1 saturated carbocycles. The third-order valence-electron chi connectivity index (χ3n) is 2.81. The minimum atomic E-state index is 0.961. The smallest absolute Gasteiger partial charge is 0.0203 e. The first kappa shape index (κ1) is 6.45. The second-order valence-electron chi connectivity index (χ2n) is 3.93. The molecule has 2 aliphatic rings. The molecule has 10 heavy (non-hydrogen) atoms. The molecule has 0 amide bonds. The van der Waals surface area contributed by atoms with Crippen LogP contribution in [0.1, 0.15) is 39.0 Å². The first-order chi connectivity index (χ1) is 4.86. The maximum Gasteiger partial charge on any atom is -0.0203 e. The minimum Gasteiger partial charge on any atom is -0.0848 e. The number of hydrogen-bond donors (Lipinski definition) is 0. The highest BCUT2D eigenvalue weighted by Crippen LogP contribution is 2.41. The second-order valence-corrected chi connectivity index (χ2v) is 3.93. The lowest BCUT2D eigenvalue weighted by Crippen LogP contribution is -2.02. The Labute approximate surface area is 63.3 Å². The van der Waals surface area contributed by atoms with Crippen LogP contribution in [0.5, 0.6) is 0 Å². The molecule has 0 heteroatoms. The quantitative estimate of drug-likeness (QED) is 0.486. The molecular formula is C10H16. The summed E-state index contributed by atoms with van der Waals surface area (Å²) in [5.41, 5.74) is 1.79. The summed E-state index contributed by atoms with van der Waals surface area (Å²) in [5.74, 6) is 2.00.